The molecule has 0 bridgehead atoms. The maximum atomic E-state index is 13.5. The minimum Gasteiger partial charge on any atom is -0.505 e. The number of benzene rings is 2. The summed E-state index contributed by atoms with van der Waals surface area (Å²) >= 11 is 6.31. The second-order valence-electron chi connectivity index (χ2n) is 8.45. The van der Waals surface area contributed by atoms with Crippen molar-refractivity contribution in [1.82, 2.24) is 9.88 Å². The van der Waals surface area contributed by atoms with Crippen LogP contribution in [0, 0.1) is 6.92 Å². The summed E-state index contributed by atoms with van der Waals surface area (Å²) in [6.45, 7) is 3.48. The molecular weight excluding hydrogens is 543 g/mol. The first kappa shape index (κ1) is 29.4. The van der Waals surface area contributed by atoms with Crippen LogP contribution >= 0.6 is 11.6 Å². The Kier molecular flexibility index (Phi) is 9.12. The molecule has 1 aromatic heterocycles. The Morgan fingerprint density at radius 1 is 1.15 bits per heavy atom. The maximum absolute atomic E-state index is 13.5. The topological polar surface area (TPSA) is 130 Å². The van der Waals surface area contributed by atoms with Crippen LogP contribution in [0.4, 0.5) is 23.7 Å². The van der Waals surface area contributed by atoms with Gasteiger partial charge in [-0.3, -0.25) is 9.59 Å². The fourth-order valence-electron chi connectivity index (χ4n) is 3.96. The third kappa shape index (κ3) is 7.02. The maximum Gasteiger partial charge on any atom is 0.416 e. The van der Waals surface area contributed by atoms with E-state index in [1.165, 1.54) is 23.8 Å². The van der Waals surface area contributed by atoms with Crippen LogP contribution in [-0.4, -0.2) is 33.4 Å². The molecule has 1 heterocycles. The fourth-order valence-corrected chi connectivity index (χ4v) is 4.18. The average Bonchev–Trinajstić information content (AvgIpc) is 2.86. The summed E-state index contributed by atoms with van der Waals surface area (Å²) in [4.78, 5) is 37.4. The van der Waals surface area contributed by atoms with Gasteiger partial charge in [0.15, 0.2) is 5.69 Å². The number of carbonyl (C=O) groups excluding carboxylic acids is 1. The number of urea groups is 1. The number of carboxylic acid groups (broad SMARTS) is 1. The molecule has 0 fully saturated rings. The van der Waals surface area contributed by atoms with Gasteiger partial charge >= 0.3 is 18.2 Å². The van der Waals surface area contributed by atoms with E-state index in [-0.39, 0.29) is 12.1 Å². The van der Waals surface area contributed by atoms with Crippen molar-refractivity contribution in [2.45, 2.75) is 39.0 Å². The molecule has 39 heavy (non-hydrogen) atoms. The van der Waals surface area contributed by atoms with E-state index in [0.717, 1.165) is 18.2 Å². The van der Waals surface area contributed by atoms with Crippen molar-refractivity contribution < 1.29 is 37.7 Å². The van der Waals surface area contributed by atoms with Crippen molar-refractivity contribution in [1.29, 1.82) is 0 Å². The van der Waals surface area contributed by atoms with Crippen LogP contribution in [0.25, 0.3) is 0 Å². The first-order chi connectivity index (χ1) is 18.3. The summed E-state index contributed by atoms with van der Waals surface area (Å²) in [6.07, 6.45) is -4.35. The van der Waals surface area contributed by atoms with Gasteiger partial charge in [0, 0.05) is 22.3 Å². The van der Waals surface area contributed by atoms with E-state index in [1.54, 1.807) is 25.1 Å². The van der Waals surface area contributed by atoms with Gasteiger partial charge in [0.05, 0.1) is 31.2 Å². The number of pyridine rings is 1. The van der Waals surface area contributed by atoms with Crippen LogP contribution < -0.4 is 20.9 Å². The first-order valence-corrected chi connectivity index (χ1v) is 12.0. The van der Waals surface area contributed by atoms with E-state index in [1.807, 2.05) is 0 Å². The molecule has 0 aliphatic carbocycles. The molecule has 0 saturated carbocycles. The molecule has 1 atom stereocenters. The van der Waals surface area contributed by atoms with E-state index in [2.05, 4.69) is 10.6 Å². The number of anilines is 1. The number of aromatic hydroxyl groups is 1. The Balaban J connectivity index is 1.95. The van der Waals surface area contributed by atoms with E-state index in [4.69, 9.17) is 16.3 Å². The quantitative estimate of drug-likeness (QED) is 0.277. The number of aromatic nitrogens is 1. The Bertz CT molecular complexity index is 1440. The van der Waals surface area contributed by atoms with Crippen LogP contribution in [-0.2, 0) is 17.5 Å². The highest BCUT2D eigenvalue weighted by Gasteiger charge is 2.36. The first-order valence-electron chi connectivity index (χ1n) is 11.6. The van der Waals surface area contributed by atoms with Crippen molar-refractivity contribution in [3.63, 3.8) is 0 Å². The minimum absolute atomic E-state index is 0.0914. The fraction of sp³-hybridized carbons (Fsp3) is 0.269. The van der Waals surface area contributed by atoms with Crippen molar-refractivity contribution in [2.75, 3.05) is 11.9 Å². The van der Waals surface area contributed by atoms with Crippen molar-refractivity contribution in [3.05, 3.63) is 86.3 Å². The van der Waals surface area contributed by atoms with Crippen LogP contribution in [0.1, 0.15) is 41.6 Å². The number of amides is 2. The minimum atomic E-state index is -4.81. The molecule has 9 nitrogen and oxygen atoms in total. The molecule has 0 aliphatic heterocycles. The highest BCUT2D eigenvalue weighted by molar-refractivity contribution is 6.31. The molecule has 0 spiro atoms. The number of nitrogens with one attached hydrogen (secondary N) is 2. The zero-order valence-corrected chi connectivity index (χ0v) is 21.6. The van der Waals surface area contributed by atoms with Gasteiger partial charge in [-0.15, -0.1) is 0 Å². The number of carbonyl (C=O) groups is 2. The number of carboxylic acids is 1. The molecule has 2 amide bonds. The summed E-state index contributed by atoms with van der Waals surface area (Å²) in [6, 6.07) is 6.35. The van der Waals surface area contributed by atoms with Gasteiger partial charge in [0.2, 0.25) is 0 Å². The number of hydrogen-bond donors (Lipinski definition) is 4. The number of aryl methyl sites for hydroxylation is 1. The van der Waals surface area contributed by atoms with Gasteiger partial charge in [-0.2, -0.15) is 13.2 Å². The molecule has 13 heteroatoms. The second kappa shape index (κ2) is 12.1. The highest BCUT2D eigenvalue weighted by Crippen LogP contribution is 2.35. The van der Waals surface area contributed by atoms with Crippen molar-refractivity contribution >= 4 is 29.3 Å². The molecule has 0 aliphatic rings. The summed E-state index contributed by atoms with van der Waals surface area (Å²) < 4.78 is 47.4. The van der Waals surface area contributed by atoms with Gasteiger partial charge in [-0.25, -0.2) is 4.79 Å². The predicted octanol–water partition coefficient (Wildman–Crippen LogP) is 5.32. The summed E-state index contributed by atoms with van der Waals surface area (Å²) in [5, 5.41) is 24.4. The molecule has 0 unspecified atom stereocenters. The summed E-state index contributed by atoms with van der Waals surface area (Å²) in [5.41, 5.74) is -2.34. The average molecular weight is 568 g/mol. The van der Waals surface area contributed by atoms with Gasteiger partial charge in [0.25, 0.3) is 5.56 Å². The molecule has 0 radical (unpaired) electrons. The van der Waals surface area contributed by atoms with Crippen LogP contribution in [0.3, 0.4) is 0 Å². The van der Waals surface area contributed by atoms with E-state index >= 15 is 0 Å². The molecular formula is C26H25ClF3N3O6. The van der Waals surface area contributed by atoms with Gasteiger partial charge in [0.1, 0.15) is 11.5 Å². The molecule has 0 saturated heterocycles. The third-order valence-corrected chi connectivity index (χ3v) is 6.06. The molecule has 4 N–H and O–H groups in total. The number of rotatable bonds is 9. The number of alkyl halides is 3. The van der Waals surface area contributed by atoms with Crippen LogP contribution in [0.2, 0.25) is 5.02 Å². The van der Waals surface area contributed by atoms with Crippen LogP contribution in [0.15, 0.2) is 53.5 Å². The molecule has 208 valence electrons. The lowest BCUT2D eigenvalue weighted by Gasteiger charge is -2.22. The Labute approximate surface area is 225 Å². The summed E-state index contributed by atoms with van der Waals surface area (Å²) in [7, 11) is 0. The Morgan fingerprint density at radius 3 is 2.49 bits per heavy atom. The Morgan fingerprint density at radius 2 is 1.85 bits per heavy atom. The predicted molar refractivity (Wildman–Crippen MR) is 137 cm³/mol. The zero-order chi connectivity index (χ0) is 28.9. The highest BCUT2D eigenvalue weighted by atomic mass is 35.5. The zero-order valence-electron chi connectivity index (χ0n) is 20.8. The Hall–Kier alpha value is -4.19. The number of ether oxygens (including phenoxy) is 1. The SMILES string of the molecule is CCOc1cccc(Cl)c1Cn1cc(C)c(O)c(NC(=O)N[C@@H](CC(=O)O)c2ccccc2C(F)(F)F)c1=O. The van der Waals surface area contributed by atoms with Crippen LogP contribution in [0.5, 0.6) is 11.5 Å². The lowest BCUT2D eigenvalue weighted by molar-refractivity contribution is -0.140. The summed E-state index contributed by atoms with van der Waals surface area (Å²) in [5.74, 6) is -1.61. The number of aliphatic carboxylic acids is 1. The van der Waals surface area contributed by atoms with Gasteiger partial charge < -0.3 is 30.2 Å². The van der Waals surface area contributed by atoms with Crippen molar-refractivity contribution in [3.8, 4) is 11.5 Å². The van der Waals surface area contributed by atoms with E-state index in [9.17, 15) is 37.8 Å². The number of halogens is 4. The number of hydrogen-bond acceptors (Lipinski definition) is 5. The third-order valence-electron chi connectivity index (χ3n) is 5.70. The second-order valence-corrected chi connectivity index (χ2v) is 8.86. The molecule has 3 aromatic rings. The number of nitrogens with zero attached hydrogens (tertiary/aromatic N) is 1. The molecule has 2 aromatic carbocycles. The smallest absolute Gasteiger partial charge is 0.416 e. The van der Waals surface area contributed by atoms with Gasteiger partial charge in [-0.1, -0.05) is 35.9 Å². The van der Waals surface area contributed by atoms with E-state index in [0.29, 0.717) is 22.9 Å². The lowest BCUT2D eigenvalue weighted by atomic mass is 9.97. The normalized spacial score (nSPS) is 12.1. The van der Waals surface area contributed by atoms with Crippen molar-refractivity contribution in [2.24, 2.45) is 0 Å². The molecule has 3 rings (SSSR count). The lowest BCUT2D eigenvalue weighted by Crippen LogP contribution is -2.37. The standard InChI is InChI=1S/C26H25ClF3N3O6/c1-3-39-20-10-6-9-18(27)16(20)13-33-12-14(2)23(36)22(24(33)37)32-25(38)31-19(11-21(34)35)15-7-4-5-8-17(15)26(28,29)30/h4-10,12,19,36H,3,11,13H2,1-2H3,(H,34,35)(H2,31,32,38)/t19-/m0/s1. The largest absolute Gasteiger partial charge is 0.505 e. The van der Waals surface area contributed by atoms with Gasteiger partial charge in [-0.05, 0) is 37.6 Å². The van der Waals surface area contributed by atoms with E-state index < -0.39 is 58.8 Å². The monoisotopic (exact) mass is 567 g/mol.